The molecule has 4 amide bonds. The van der Waals surface area contributed by atoms with E-state index in [1.807, 2.05) is 73.8 Å². The van der Waals surface area contributed by atoms with Crippen LogP contribution in [0.2, 0.25) is 11.4 Å². The molecule has 2 atom stereocenters. The fourth-order valence-corrected chi connectivity index (χ4v) is 6.27. The van der Waals surface area contributed by atoms with Crippen LogP contribution >= 0.6 is 43.8 Å². The second-order valence-electron chi connectivity index (χ2n) is 7.31. The molecule has 12 heteroatoms. The zero-order chi connectivity index (χ0) is 26.0. The summed E-state index contributed by atoms with van der Waals surface area (Å²) in [6.45, 7) is 4.08. The van der Waals surface area contributed by atoms with Gasteiger partial charge < -0.3 is 0 Å². The molecule has 0 aromatic heterocycles. The monoisotopic (exact) mass is 668 g/mol. The van der Waals surface area contributed by atoms with E-state index in [-0.39, 0.29) is 12.1 Å². The minimum atomic E-state index is -1.66. The van der Waals surface area contributed by atoms with Crippen molar-refractivity contribution in [1.29, 1.82) is 0 Å². The number of rotatable bonds is 6. The van der Waals surface area contributed by atoms with Crippen molar-refractivity contribution in [3.63, 3.8) is 0 Å². The third kappa shape index (κ3) is 11.0. The molecule has 0 saturated carbocycles. The Morgan fingerprint density at radius 1 is 0.647 bits per heavy atom. The zero-order valence-electron chi connectivity index (χ0n) is 20.7. The van der Waals surface area contributed by atoms with E-state index in [1.165, 1.54) is 35.0 Å². The number of carbonyl (C=O) groups is 2. The van der Waals surface area contributed by atoms with Crippen molar-refractivity contribution in [2.75, 3.05) is 28.2 Å². The van der Waals surface area contributed by atoms with Crippen molar-refractivity contribution in [2.45, 2.75) is 35.1 Å². The Morgan fingerprint density at radius 2 is 0.912 bits per heavy atom. The molecule has 6 nitrogen and oxygen atoms in total. The number of urea groups is 2. The number of amides is 4. The van der Waals surface area contributed by atoms with Crippen LogP contribution < -0.4 is 0 Å². The molecule has 0 saturated heterocycles. The van der Waals surface area contributed by atoms with E-state index < -0.39 is 27.9 Å². The Morgan fingerprint density at radius 3 is 1.15 bits per heavy atom. The average Bonchev–Trinajstić information content (AvgIpc) is 2.80. The van der Waals surface area contributed by atoms with Crippen LogP contribution in [-0.4, -0.2) is 84.4 Å². The first-order valence-corrected chi connectivity index (χ1v) is 22.1. The van der Waals surface area contributed by atoms with Gasteiger partial charge in [0.25, 0.3) is 0 Å². The second-order valence-corrected chi connectivity index (χ2v) is 21.0. The molecule has 0 aliphatic heterocycles. The molecule has 0 spiro atoms. The average molecular weight is 669 g/mol. The molecule has 0 aliphatic rings. The van der Waals surface area contributed by atoms with Gasteiger partial charge in [-0.25, -0.2) is 0 Å². The van der Waals surface area contributed by atoms with Crippen molar-refractivity contribution in [3.8, 4) is 0 Å². The molecule has 2 aromatic carbocycles. The first kappa shape index (κ1) is 31.4. The van der Waals surface area contributed by atoms with Gasteiger partial charge >= 0.3 is 232 Å². The number of hydrogen-bond donors (Lipinski definition) is 0. The molecule has 2 unspecified atom stereocenters. The van der Waals surface area contributed by atoms with Crippen molar-refractivity contribution < 1.29 is 9.59 Å². The Balaban J connectivity index is 0.000000340. The van der Waals surface area contributed by atoms with Crippen molar-refractivity contribution in [1.82, 2.24) is 16.2 Å². The Bertz CT molecular complexity index is 847. The summed E-state index contributed by atoms with van der Waals surface area (Å²) in [7, 11) is 19.0. The van der Waals surface area contributed by atoms with Gasteiger partial charge in [-0.15, -0.1) is 0 Å². The Kier molecular flexibility index (Phi) is 14.3. The maximum atomic E-state index is 11.9. The Labute approximate surface area is 230 Å². The van der Waals surface area contributed by atoms with Crippen LogP contribution in [0.25, 0.3) is 0 Å². The number of carbonyl (C=O) groups excluding carboxylic acids is 2. The van der Waals surface area contributed by atoms with Gasteiger partial charge in [-0.05, 0) is 0 Å². The molecule has 34 heavy (non-hydrogen) atoms. The van der Waals surface area contributed by atoms with Gasteiger partial charge in [-0.1, -0.05) is 0 Å². The fourth-order valence-electron chi connectivity index (χ4n) is 2.24. The molecule has 0 heterocycles. The van der Waals surface area contributed by atoms with Gasteiger partial charge in [0.2, 0.25) is 0 Å². The van der Waals surface area contributed by atoms with Crippen LogP contribution in [0.4, 0.5) is 9.59 Å². The van der Waals surface area contributed by atoms with Crippen molar-refractivity contribution >= 4 is 83.7 Å². The number of hydrogen-bond acceptors (Lipinski definition) is 4. The van der Waals surface area contributed by atoms with Crippen LogP contribution in [0.5, 0.6) is 0 Å². The van der Waals surface area contributed by atoms with E-state index in [9.17, 15) is 9.59 Å². The van der Waals surface area contributed by atoms with E-state index in [4.69, 9.17) is 19.9 Å². The predicted molar refractivity (Wildman–Crippen MR) is 151 cm³/mol. The normalized spacial score (nSPS) is 12.1. The molecular formula is C22H32As2Cl2N4O2S2. The summed E-state index contributed by atoms with van der Waals surface area (Å²) in [6.07, 6.45) is 0. The quantitative estimate of drug-likeness (QED) is 0.255. The molecule has 0 radical (unpaired) electrons. The van der Waals surface area contributed by atoms with Crippen LogP contribution in [-0.2, 0) is 0 Å². The summed E-state index contributed by atoms with van der Waals surface area (Å²) in [5.41, 5.74) is 6.25. The van der Waals surface area contributed by atoms with Gasteiger partial charge in [0, 0.05) is 0 Å². The van der Waals surface area contributed by atoms with Crippen LogP contribution in [0.1, 0.15) is 11.1 Å². The van der Waals surface area contributed by atoms with Gasteiger partial charge in [0.15, 0.2) is 0 Å². The zero-order valence-corrected chi connectivity index (χ0v) is 27.6. The van der Waals surface area contributed by atoms with E-state index in [1.54, 1.807) is 44.4 Å². The molecular weight excluding hydrogens is 637 g/mol. The molecule has 2 aromatic rings. The van der Waals surface area contributed by atoms with Gasteiger partial charge in [0.05, 0.1) is 0 Å². The van der Waals surface area contributed by atoms with Crippen LogP contribution in [0.15, 0.2) is 58.3 Å². The number of benzene rings is 2. The summed E-state index contributed by atoms with van der Waals surface area (Å²) in [5.74, 6) is 0. The summed E-state index contributed by atoms with van der Waals surface area (Å²) < 4.78 is 6.49. The standard InChI is InChI=1S/2C11H16AsClN2OS/c2*1-9-5-7-10(8-6-9)17-15(4)11(16)14(3)12(2)13/h2*5-8H,1-4H3. The number of aryl methyl sites for hydroxylation is 2. The molecule has 2 rings (SSSR count). The third-order valence-electron chi connectivity index (χ3n) is 4.45. The maximum absolute atomic E-state index is 11.9. The van der Waals surface area contributed by atoms with Crippen molar-refractivity contribution in [3.05, 3.63) is 59.7 Å². The SMILES string of the molecule is Cc1ccc(SN(C)C(=O)N(C)[As](C)Cl)cc1.Cc1ccc(SN(C)C(=O)N(C)[As](C)Cl)cc1. The number of halogens is 2. The predicted octanol–water partition coefficient (Wildman–Crippen LogP) is 6.69. The molecule has 0 fully saturated rings. The molecule has 188 valence electrons. The third-order valence-corrected chi connectivity index (χ3v) is 12.8. The van der Waals surface area contributed by atoms with Gasteiger partial charge in [-0.3, -0.25) is 0 Å². The first-order chi connectivity index (χ1) is 15.8. The molecule has 0 bridgehead atoms. The Hall–Kier alpha value is -0.623. The van der Waals surface area contributed by atoms with Gasteiger partial charge in [-0.2, -0.15) is 0 Å². The van der Waals surface area contributed by atoms with Crippen LogP contribution in [0.3, 0.4) is 0 Å². The summed E-state index contributed by atoms with van der Waals surface area (Å²) in [4.78, 5) is 26.0. The van der Waals surface area contributed by atoms with Gasteiger partial charge in [0.1, 0.15) is 0 Å². The number of nitrogens with zero attached hydrogens (tertiary/aromatic N) is 4. The molecule has 0 aliphatic carbocycles. The minimum absolute atomic E-state index is 0.0481. The molecule has 0 N–H and O–H groups in total. The first-order valence-electron chi connectivity index (χ1n) is 10.1. The topological polar surface area (TPSA) is 47.1 Å². The van der Waals surface area contributed by atoms with E-state index in [2.05, 4.69) is 0 Å². The summed E-state index contributed by atoms with van der Waals surface area (Å²) in [6, 6.07) is 16.1. The summed E-state index contributed by atoms with van der Waals surface area (Å²) >= 11 is -0.489. The van der Waals surface area contributed by atoms with Crippen molar-refractivity contribution in [2.24, 2.45) is 0 Å². The summed E-state index contributed by atoms with van der Waals surface area (Å²) in [5, 5.41) is 0. The van der Waals surface area contributed by atoms with E-state index >= 15 is 0 Å². The van der Waals surface area contributed by atoms with E-state index in [0.717, 1.165) is 9.79 Å². The van der Waals surface area contributed by atoms with E-state index in [0.29, 0.717) is 0 Å². The second kappa shape index (κ2) is 15.5. The fraction of sp³-hybridized carbons (Fsp3) is 0.364. The van der Waals surface area contributed by atoms with Crippen LogP contribution in [0, 0.1) is 13.8 Å².